The predicted molar refractivity (Wildman–Crippen MR) is 103 cm³/mol. The molecule has 2 aromatic heterocycles. The van der Waals surface area contributed by atoms with E-state index in [9.17, 15) is 4.79 Å². The first-order valence-corrected chi connectivity index (χ1v) is 8.67. The lowest BCUT2D eigenvalue weighted by Crippen LogP contribution is -2.57. The average molecular weight is 402 g/mol. The molecule has 9 heteroatoms. The van der Waals surface area contributed by atoms with Crippen LogP contribution in [0.5, 0.6) is 0 Å². The first-order chi connectivity index (χ1) is 11.7. The molecular formula is C17H25Cl2N5O2. The molecule has 3 atom stereocenters. The highest BCUT2D eigenvalue weighted by Crippen LogP contribution is 2.27. The number of fused-ring (bicyclic) bond motifs is 1. The monoisotopic (exact) mass is 401 g/mol. The van der Waals surface area contributed by atoms with Gasteiger partial charge in [-0.25, -0.2) is 0 Å². The highest BCUT2D eigenvalue weighted by Gasteiger charge is 2.35. The summed E-state index contributed by atoms with van der Waals surface area (Å²) in [6.07, 6.45) is 3.92. The number of nitrogens with zero attached hydrogens (tertiary/aromatic N) is 4. The Morgan fingerprint density at radius 3 is 2.96 bits per heavy atom. The van der Waals surface area contributed by atoms with Crippen molar-refractivity contribution < 1.29 is 9.53 Å². The van der Waals surface area contributed by atoms with Crippen molar-refractivity contribution in [2.24, 2.45) is 0 Å². The number of halogens is 2. The van der Waals surface area contributed by atoms with Gasteiger partial charge in [-0.15, -0.1) is 35.0 Å². The van der Waals surface area contributed by atoms with Crippen LogP contribution in [-0.2, 0) is 9.53 Å². The number of likely N-dealkylation sites (tertiary alicyclic amines) is 1. The van der Waals surface area contributed by atoms with Gasteiger partial charge in [-0.1, -0.05) is 6.07 Å². The Morgan fingerprint density at radius 1 is 1.31 bits per heavy atom. The van der Waals surface area contributed by atoms with Crippen molar-refractivity contribution in [3.05, 3.63) is 30.2 Å². The molecule has 0 bridgehead atoms. The smallest absolute Gasteiger partial charge is 0.242 e. The van der Waals surface area contributed by atoms with Crippen molar-refractivity contribution in [2.75, 3.05) is 26.2 Å². The van der Waals surface area contributed by atoms with Crippen LogP contribution in [0.15, 0.2) is 24.4 Å². The molecule has 0 aromatic carbocycles. The molecule has 0 aliphatic carbocycles. The van der Waals surface area contributed by atoms with Gasteiger partial charge in [0.25, 0.3) is 0 Å². The van der Waals surface area contributed by atoms with Crippen LogP contribution in [0.3, 0.4) is 0 Å². The van der Waals surface area contributed by atoms with Gasteiger partial charge in [-0.2, -0.15) is 0 Å². The molecule has 0 saturated carbocycles. The molecule has 4 heterocycles. The highest BCUT2D eigenvalue weighted by atomic mass is 35.5. The summed E-state index contributed by atoms with van der Waals surface area (Å²) in [4.78, 5) is 14.8. The van der Waals surface area contributed by atoms with Gasteiger partial charge < -0.3 is 15.0 Å². The Hall–Kier alpha value is -1.41. The number of amides is 1. The van der Waals surface area contributed by atoms with Gasteiger partial charge in [-0.05, 0) is 31.9 Å². The standard InChI is InChI=1S/C17H23N5O2.2ClH/c1-12-15(18-7-10-24-12)17(23)21-8-4-5-13(11-21)16-20-19-14-6-2-3-9-22(14)16;;/h2-3,6,9,12-13,15,18H,4-5,7-8,10-11H2,1H3;2*1H/t12-,13?,15+;;/m1../s1. The first-order valence-electron chi connectivity index (χ1n) is 8.67. The average Bonchev–Trinajstić information content (AvgIpc) is 3.06. The second kappa shape index (κ2) is 8.99. The van der Waals surface area contributed by atoms with E-state index >= 15 is 0 Å². The fourth-order valence-corrected chi connectivity index (χ4v) is 3.73. The zero-order chi connectivity index (χ0) is 16.5. The third kappa shape index (κ3) is 3.96. The SMILES string of the molecule is C[C@H]1OCCN[C@@H]1C(=O)N1CCCC(c2nnc3ccccn23)C1.Cl.Cl. The van der Waals surface area contributed by atoms with Crippen molar-refractivity contribution in [2.45, 2.75) is 37.8 Å². The number of hydrogen-bond acceptors (Lipinski definition) is 5. The minimum Gasteiger partial charge on any atom is -0.375 e. The molecule has 7 nitrogen and oxygen atoms in total. The van der Waals surface area contributed by atoms with E-state index in [1.54, 1.807) is 0 Å². The van der Waals surface area contributed by atoms with Crippen molar-refractivity contribution in [3.63, 3.8) is 0 Å². The molecule has 2 fully saturated rings. The van der Waals surface area contributed by atoms with Crippen LogP contribution in [0, 0.1) is 0 Å². The van der Waals surface area contributed by atoms with Crippen LogP contribution >= 0.6 is 24.8 Å². The lowest BCUT2D eigenvalue weighted by molar-refractivity contribution is -0.140. The number of piperidine rings is 1. The quantitative estimate of drug-likeness (QED) is 0.828. The Morgan fingerprint density at radius 2 is 2.15 bits per heavy atom. The molecule has 2 aromatic rings. The van der Waals surface area contributed by atoms with Gasteiger partial charge in [0.2, 0.25) is 5.91 Å². The van der Waals surface area contributed by atoms with Crippen LogP contribution < -0.4 is 5.32 Å². The normalized spacial score (nSPS) is 26.0. The largest absolute Gasteiger partial charge is 0.375 e. The number of nitrogens with one attached hydrogen (secondary N) is 1. The van der Waals surface area contributed by atoms with E-state index in [0.29, 0.717) is 13.2 Å². The van der Waals surface area contributed by atoms with E-state index < -0.39 is 0 Å². The Balaban J connectivity index is 0.00000121. The van der Waals surface area contributed by atoms with E-state index in [-0.39, 0.29) is 48.8 Å². The van der Waals surface area contributed by atoms with E-state index in [4.69, 9.17) is 4.74 Å². The second-order valence-corrected chi connectivity index (χ2v) is 6.62. The van der Waals surface area contributed by atoms with E-state index in [2.05, 4.69) is 15.5 Å². The summed E-state index contributed by atoms with van der Waals surface area (Å²) in [5, 5.41) is 11.9. The Kier molecular flexibility index (Phi) is 7.23. The van der Waals surface area contributed by atoms with Crippen molar-refractivity contribution in [1.29, 1.82) is 0 Å². The zero-order valence-corrected chi connectivity index (χ0v) is 16.3. The van der Waals surface area contributed by atoms with Crippen LogP contribution in [0.1, 0.15) is 31.5 Å². The number of hydrogen-bond donors (Lipinski definition) is 1. The highest BCUT2D eigenvalue weighted by molar-refractivity contribution is 5.85. The van der Waals surface area contributed by atoms with Crippen LogP contribution in [0.4, 0.5) is 0 Å². The number of ether oxygens (including phenoxy) is 1. The molecule has 0 spiro atoms. The Bertz CT molecular complexity index is 741. The third-order valence-corrected chi connectivity index (χ3v) is 5.02. The number of carbonyl (C=O) groups is 1. The molecule has 2 saturated heterocycles. The number of rotatable bonds is 2. The van der Waals surface area contributed by atoms with Gasteiger partial charge in [0.05, 0.1) is 12.7 Å². The number of aromatic nitrogens is 3. The molecule has 144 valence electrons. The molecule has 2 aliphatic rings. The molecule has 4 rings (SSSR count). The topological polar surface area (TPSA) is 71.8 Å². The van der Waals surface area contributed by atoms with Gasteiger partial charge >= 0.3 is 0 Å². The van der Waals surface area contributed by atoms with Crippen LogP contribution in [0.2, 0.25) is 0 Å². The summed E-state index contributed by atoms with van der Waals surface area (Å²) in [6.45, 7) is 4.85. The molecule has 2 aliphatic heterocycles. The zero-order valence-electron chi connectivity index (χ0n) is 14.7. The van der Waals surface area contributed by atoms with Gasteiger partial charge in [0.15, 0.2) is 5.65 Å². The van der Waals surface area contributed by atoms with Crippen molar-refractivity contribution >= 4 is 36.4 Å². The van der Waals surface area contributed by atoms with E-state index in [1.165, 1.54) is 0 Å². The molecule has 1 amide bonds. The maximum Gasteiger partial charge on any atom is 0.242 e. The summed E-state index contributed by atoms with van der Waals surface area (Å²) in [5.41, 5.74) is 0.854. The minimum absolute atomic E-state index is 0. The summed E-state index contributed by atoms with van der Waals surface area (Å²) < 4.78 is 7.65. The molecule has 26 heavy (non-hydrogen) atoms. The maximum absolute atomic E-state index is 12.9. The van der Waals surface area contributed by atoms with E-state index in [1.807, 2.05) is 40.6 Å². The van der Waals surface area contributed by atoms with Crippen molar-refractivity contribution in [3.8, 4) is 0 Å². The first kappa shape index (κ1) is 20.9. The van der Waals surface area contributed by atoms with Crippen molar-refractivity contribution in [1.82, 2.24) is 24.8 Å². The second-order valence-electron chi connectivity index (χ2n) is 6.62. The fourth-order valence-electron chi connectivity index (χ4n) is 3.73. The lowest BCUT2D eigenvalue weighted by atomic mass is 9.96. The fraction of sp³-hybridized carbons (Fsp3) is 0.588. The Labute approximate surface area is 165 Å². The number of morpholine rings is 1. The predicted octanol–water partition coefficient (Wildman–Crippen LogP) is 1.66. The summed E-state index contributed by atoms with van der Waals surface area (Å²) >= 11 is 0. The minimum atomic E-state index is -0.243. The maximum atomic E-state index is 12.9. The number of pyridine rings is 1. The summed E-state index contributed by atoms with van der Waals surface area (Å²) in [6, 6.07) is 5.65. The summed E-state index contributed by atoms with van der Waals surface area (Å²) in [7, 11) is 0. The summed E-state index contributed by atoms with van der Waals surface area (Å²) in [5.74, 6) is 1.31. The van der Waals surface area contributed by atoms with Crippen LogP contribution in [-0.4, -0.2) is 63.8 Å². The third-order valence-electron chi connectivity index (χ3n) is 5.02. The van der Waals surface area contributed by atoms with Gasteiger partial charge in [0.1, 0.15) is 11.9 Å². The molecule has 0 radical (unpaired) electrons. The van der Waals surface area contributed by atoms with Crippen LogP contribution in [0.25, 0.3) is 5.65 Å². The molecule has 1 N–H and O–H groups in total. The number of carbonyl (C=O) groups excluding carboxylic acids is 1. The van der Waals surface area contributed by atoms with Gasteiger partial charge in [0, 0.05) is 31.7 Å². The van der Waals surface area contributed by atoms with E-state index in [0.717, 1.165) is 37.4 Å². The molecule has 1 unspecified atom stereocenters. The lowest BCUT2D eigenvalue weighted by Gasteiger charge is -2.37. The van der Waals surface area contributed by atoms with Gasteiger partial charge in [-0.3, -0.25) is 9.20 Å². The molecular weight excluding hydrogens is 377 g/mol.